The summed E-state index contributed by atoms with van der Waals surface area (Å²) in [6.45, 7) is 1.89. The van der Waals surface area contributed by atoms with Crippen LogP contribution < -0.4 is 0 Å². The van der Waals surface area contributed by atoms with Gasteiger partial charge in [-0.2, -0.15) is 0 Å². The molecule has 46 valence electrons. The molecule has 0 saturated carbocycles. The molecule has 0 aromatic carbocycles. The van der Waals surface area contributed by atoms with Crippen molar-refractivity contribution in [3.8, 4) is 0 Å². The van der Waals surface area contributed by atoms with Crippen molar-refractivity contribution < 1.29 is 8.42 Å². The predicted octanol–water partition coefficient (Wildman–Crippen LogP) is 0.565. The first-order valence-electron chi connectivity index (χ1n) is 2.51. The van der Waals surface area contributed by atoms with Gasteiger partial charge in [-0.1, -0.05) is 13.0 Å². The Morgan fingerprint density at radius 3 is 2.38 bits per heavy atom. The molecule has 0 fully saturated rings. The third-order valence-electron chi connectivity index (χ3n) is 1.11. The van der Waals surface area contributed by atoms with E-state index in [1.54, 1.807) is 6.08 Å². The molecule has 2 nitrogen and oxygen atoms in total. The summed E-state index contributed by atoms with van der Waals surface area (Å²) in [5.41, 5.74) is 0. The molecule has 0 radical (unpaired) electrons. The van der Waals surface area contributed by atoms with Crippen LogP contribution in [0.4, 0.5) is 0 Å². The van der Waals surface area contributed by atoms with Crippen LogP contribution in [-0.2, 0) is 9.84 Å². The Bertz CT molecular complexity index is 200. The van der Waals surface area contributed by atoms with E-state index >= 15 is 0 Å². The summed E-state index contributed by atoms with van der Waals surface area (Å²) in [7, 11) is -2.78. The summed E-state index contributed by atoms with van der Waals surface area (Å²) in [6.07, 6.45) is 1.72. The third kappa shape index (κ3) is 1.10. The molecule has 0 spiro atoms. The molecule has 1 aliphatic heterocycles. The van der Waals surface area contributed by atoms with Crippen molar-refractivity contribution in [2.45, 2.75) is 6.92 Å². The molecule has 0 amide bonds. The standard InChI is InChI=1S/C5H8O2S/c1-5-2-3-8(6,7)4-5/h2-3,5H,4H2,1H3. The average molecular weight is 132 g/mol. The molecule has 0 bridgehead atoms. The zero-order valence-electron chi connectivity index (χ0n) is 4.66. The van der Waals surface area contributed by atoms with E-state index in [0.29, 0.717) is 5.75 Å². The van der Waals surface area contributed by atoms with Gasteiger partial charge in [0.15, 0.2) is 9.84 Å². The van der Waals surface area contributed by atoms with Gasteiger partial charge in [0.25, 0.3) is 0 Å². The molecule has 1 atom stereocenters. The highest BCUT2D eigenvalue weighted by atomic mass is 32.2. The molecular weight excluding hydrogens is 124 g/mol. The maximum absolute atomic E-state index is 10.6. The summed E-state index contributed by atoms with van der Waals surface area (Å²) in [5.74, 6) is 0.521. The topological polar surface area (TPSA) is 34.1 Å². The van der Waals surface area contributed by atoms with Crippen molar-refractivity contribution >= 4 is 9.84 Å². The number of allylic oxidation sites excluding steroid dienone is 1. The summed E-state index contributed by atoms with van der Waals surface area (Å²) in [4.78, 5) is 0. The lowest BCUT2D eigenvalue weighted by molar-refractivity contribution is 0.602. The van der Waals surface area contributed by atoms with Crippen LogP contribution in [0.1, 0.15) is 6.92 Å². The normalized spacial score (nSPS) is 33.4. The maximum atomic E-state index is 10.6. The lowest BCUT2D eigenvalue weighted by Gasteiger charge is -1.90. The van der Waals surface area contributed by atoms with Crippen LogP contribution in [0.2, 0.25) is 0 Å². The average Bonchev–Trinajstić information content (AvgIpc) is 1.82. The fourth-order valence-corrected chi connectivity index (χ4v) is 2.19. The van der Waals surface area contributed by atoms with Crippen molar-refractivity contribution in [1.29, 1.82) is 0 Å². The Hall–Kier alpha value is -0.310. The van der Waals surface area contributed by atoms with Gasteiger partial charge in [0.1, 0.15) is 0 Å². The van der Waals surface area contributed by atoms with E-state index in [-0.39, 0.29) is 5.92 Å². The quantitative estimate of drug-likeness (QED) is 0.482. The van der Waals surface area contributed by atoms with E-state index < -0.39 is 9.84 Å². The fraction of sp³-hybridized carbons (Fsp3) is 0.600. The first-order chi connectivity index (χ1) is 3.60. The van der Waals surface area contributed by atoms with Gasteiger partial charge in [-0.3, -0.25) is 0 Å². The van der Waals surface area contributed by atoms with Crippen molar-refractivity contribution in [3.05, 3.63) is 11.5 Å². The molecule has 0 aliphatic carbocycles. The van der Waals surface area contributed by atoms with E-state index in [9.17, 15) is 8.42 Å². The molecule has 0 saturated heterocycles. The lowest BCUT2D eigenvalue weighted by atomic mass is 10.2. The number of hydrogen-bond donors (Lipinski definition) is 0. The van der Waals surface area contributed by atoms with Gasteiger partial charge in [0, 0.05) is 5.41 Å². The van der Waals surface area contributed by atoms with Crippen LogP contribution in [0.25, 0.3) is 0 Å². The van der Waals surface area contributed by atoms with E-state index in [2.05, 4.69) is 0 Å². The van der Waals surface area contributed by atoms with E-state index in [4.69, 9.17) is 0 Å². The number of rotatable bonds is 0. The van der Waals surface area contributed by atoms with Crippen LogP contribution in [0.15, 0.2) is 11.5 Å². The van der Waals surface area contributed by atoms with Gasteiger partial charge in [-0.15, -0.1) is 0 Å². The van der Waals surface area contributed by atoms with Gasteiger partial charge < -0.3 is 0 Å². The summed E-state index contributed by atoms with van der Waals surface area (Å²) < 4.78 is 21.1. The minimum atomic E-state index is -2.78. The molecule has 1 rings (SSSR count). The van der Waals surface area contributed by atoms with E-state index in [0.717, 1.165) is 0 Å². The zero-order chi connectivity index (χ0) is 6.20. The van der Waals surface area contributed by atoms with Crippen LogP contribution in [0.5, 0.6) is 0 Å². The first-order valence-corrected chi connectivity index (χ1v) is 4.23. The fourth-order valence-electron chi connectivity index (χ4n) is 0.731. The van der Waals surface area contributed by atoms with Crippen LogP contribution in [-0.4, -0.2) is 14.2 Å². The molecule has 0 aromatic heterocycles. The SMILES string of the molecule is CC1C=CS(=O)(=O)C1. The Kier molecular flexibility index (Phi) is 1.15. The van der Waals surface area contributed by atoms with Crippen LogP contribution in [0.3, 0.4) is 0 Å². The van der Waals surface area contributed by atoms with Crippen molar-refractivity contribution in [1.82, 2.24) is 0 Å². The van der Waals surface area contributed by atoms with Crippen LogP contribution >= 0.6 is 0 Å². The largest absolute Gasteiger partial charge is 0.224 e. The molecule has 3 heteroatoms. The first kappa shape index (κ1) is 5.82. The zero-order valence-corrected chi connectivity index (χ0v) is 5.48. The third-order valence-corrected chi connectivity index (χ3v) is 2.67. The second-order valence-corrected chi connectivity index (χ2v) is 4.07. The van der Waals surface area contributed by atoms with E-state index in [1.165, 1.54) is 5.41 Å². The molecule has 0 aromatic rings. The molecule has 1 aliphatic rings. The Morgan fingerprint density at radius 2 is 2.25 bits per heavy atom. The Morgan fingerprint density at radius 1 is 1.62 bits per heavy atom. The van der Waals surface area contributed by atoms with Gasteiger partial charge in [0.05, 0.1) is 5.75 Å². The van der Waals surface area contributed by atoms with Gasteiger partial charge in [-0.05, 0) is 5.92 Å². The monoisotopic (exact) mass is 132 g/mol. The second kappa shape index (κ2) is 1.58. The summed E-state index contributed by atoms with van der Waals surface area (Å²) >= 11 is 0. The molecule has 1 unspecified atom stereocenters. The molecule has 1 heterocycles. The van der Waals surface area contributed by atoms with Crippen LogP contribution in [0, 0.1) is 5.92 Å². The van der Waals surface area contributed by atoms with E-state index in [1.807, 2.05) is 6.92 Å². The Balaban J connectivity index is 2.89. The highest BCUT2D eigenvalue weighted by molar-refractivity contribution is 7.94. The van der Waals surface area contributed by atoms with Gasteiger partial charge in [0.2, 0.25) is 0 Å². The number of sulfone groups is 1. The second-order valence-electron chi connectivity index (χ2n) is 2.14. The molecule has 8 heavy (non-hydrogen) atoms. The van der Waals surface area contributed by atoms with Crippen molar-refractivity contribution in [3.63, 3.8) is 0 Å². The number of hydrogen-bond acceptors (Lipinski definition) is 2. The van der Waals surface area contributed by atoms with Gasteiger partial charge >= 0.3 is 0 Å². The summed E-state index contributed by atoms with van der Waals surface area (Å²) in [5, 5.41) is 1.29. The van der Waals surface area contributed by atoms with Crippen molar-refractivity contribution in [2.75, 3.05) is 5.75 Å². The minimum absolute atomic E-state index is 0.222. The maximum Gasteiger partial charge on any atom is 0.171 e. The minimum Gasteiger partial charge on any atom is -0.224 e. The molecular formula is C5H8O2S. The smallest absolute Gasteiger partial charge is 0.171 e. The Labute approximate surface area is 49.1 Å². The summed E-state index contributed by atoms with van der Waals surface area (Å²) in [6, 6.07) is 0. The lowest BCUT2D eigenvalue weighted by Crippen LogP contribution is -2.00. The highest BCUT2D eigenvalue weighted by Gasteiger charge is 2.16. The van der Waals surface area contributed by atoms with Gasteiger partial charge in [-0.25, -0.2) is 8.42 Å². The molecule has 0 N–H and O–H groups in total. The van der Waals surface area contributed by atoms with Crippen molar-refractivity contribution in [2.24, 2.45) is 5.92 Å². The highest BCUT2D eigenvalue weighted by Crippen LogP contribution is 2.12. The predicted molar refractivity (Wildman–Crippen MR) is 32.1 cm³/mol.